The van der Waals surface area contributed by atoms with Crippen molar-refractivity contribution < 1.29 is 19.8 Å². The summed E-state index contributed by atoms with van der Waals surface area (Å²) in [6.45, 7) is 37.4. The number of nitrogens with zero attached hydrogens (tertiary/aromatic N) is 2. The molecule has 2 aliphatic heterocycles. The summed E-state index contributed by atoms with van der Waals surface area (Å²) < 4.78 is 0. The van der Waals surface area contributed by atoms with Crippen molar-refractivity contribution in [2.45, 2.75) is 204 Å². The van der Waals surface area contributed by atoms with E-state index in [-0.39, 0.29) is 62.1 Å². The summed E-state index contributed by atoms with van der Waals surface area (Å²) >= 11 is 0. The lowest BCUT2D eigenvalue weighted by Gasteiger charge is -2.70. The number of carbonyl (C=O) groups excluding carboxylic acids is 2. The Labute approximate surface area is 297 Å². The topological polar surface area (TPSA) is 86.7 Å². The fourth-order valence-electron chi connectivity index (χ4n) is 10.1. The quantitative estimate of drug-likeness (QED) is 0.206. The van der Waals surface area contributed by atoms with Gasteiger partial charge in [-0.25, -0.2) is 0 Å². The predicted molar refractivity (Wildman–Crippen MR) is 197 cm³/mol. The van der Waals surface area contributed by atoms with Gasteiger partial charge in [-0.15, -0.1) is 0 Å². The molecule has 4 unspecified atom stereocenters. The van der Waals surface area contributed by atoms with Crippen LogP contribution in [0.15, 0.2) is 0 Å². The van der Waals surface area contributed by atoms with E-state index in [4.69, 9.17) is 0 Å². The lowest BCUT2D eigenvalue weighted by molar-refractivity contribution is -0.333. The summed E-state index contributed by atoms with van der Waals surface area (Å²) in [5, 5.41) is 25.4. The first-order valence-corrected chi connectivity index (χ1v) is 19.2. The molecule has 2 saturated heterocycles. The third kappa shape index (κ3) is 7.42. The van der Waals surface area contributed by atoms with Crippen LogP contribution in [0.25, 0.3) is 0 Å². The third-order valence-corrected chi connectivity index (χ3v) is 15.8. The van der Waals surface area contributed by atoms with E-state index in [0.717, 1.165) is 51.4 Å². The number of hydrogen-bond acceptors (Lipinski definition) is 6. The van der Waals surface area contributed by atoms with Crippen molar-refractivity contribution >= 4 is 11.9 Å². The van der Waals surface area contributed by atoms with Crippen LogP contribution < -0.4 is 10.2 Å². The van der Waals surface area contributed by atoms with Crippen LogP contribution in [0.4, 0.5) is 0 Å². The molecule has 6 nitrogen and oxygen atoms in total. The molecule has 0 amide bonds. The Balaban J connectivity index is 2.89. The standard InChI is InChI=1S/C42H80N2O4/c1-34(2,3)38(13)26-30(27-39(14,43(38)17)35(4,5)6)42(33(47)48,25-23-21-19-20-22-24-32(45)46)31-28-40(15,36(7,8)9)44(18)41(16,29-31)37(10,11)12/h30-31H,19-29H2,1-18H3,(H,45,46)(H,47,48)/p-2. The molecule has 0 aromatic rings. The Morgan fingerprint density at radius 3 is 1.06 bits per heavy atom. The molecule has 2 heterocycles. The van der Waals surface area contributed by atoms with Gasteiger partial charge in [0.1, 0.15) is 0 Å². The summed E-state index contributed by atoms with van der Waals surface area (Å²) in [7, 11) is 4.56. The molecule has 2 fully saturated rings. The Morgan fingerprint density at radius 2 is 0.812 bits per heavy atom. The van der Waals surface area contributed by atoms with Gasteiger partial charge in [0, 0.05) is 39.5 Å². The van der Waals surface area contributed by atoms with E-state index in [9.17, 15) is 19.8 Å². The molecule has 0 spiro atoms. The summed E-state index contributed by atoms with van der Waals surface area (Å²) in [5.41, 5.74) is -2.32. The number of piperidine rings is 2. The number of rotatable bonds is 11. The maximum Gasteiger partial charge on any atom is 0.0481 e. The van der Waals surface area contributed by atoms with Crippen LogP contribution in [-0.2, 0) is 9.59 Å². The Bertz CT molecular complexity index is 1010. The number of carbonyl (C=O) groups is 2. The van der Waals surface area contributed by atoms with Crippen molar-refractivity contribution in [2.24, 2.45) is 38.9 Å². The fraction of sp³-hybridized carbons (Fsp3) is 0.952. The van der Waals surface area contributed by atoms with Crippen LogP contribution in [0.2, 0.25) is 0 Å². The predicted octanol–water partition coefficient (Wildman–Crippen LogP) is 8.11. The average molecular weight is 675 g/mol. The first-order valence-electron chi connectivity index (χ1n) is 19.2. The average Bonchev–Trinajstić information content (AvgIpc) is 2.88. The van der Waals surface area contributed by atoms with Crippen molar-refractivity contribution in [1.82, 2.24) is 9.80 Å². The molecule has 0 aromatic carbocycles. The summed E-state index contributed by atoms with van der Waals surface area (Å²) in [4.78, 5) is 30.7. The van der Waals surface area contributed by atoms with Gasteiger partial charge in [-0.05, 0) is 120 Å². The third-order valence-electron chi connectivity index (χ3n) is 15.8. The highest BCUT2D eigenvalue weighted by molar-refractivity contribution is 5.74. The van der Waals surface area contributed by atoms with E-state index in [2.05, 4.69) is 135 Å². The van der Waals surface area contributed by atoms with Crippen molar-refractivity contribution in [2.75, 3.05) is 14.1 Å². The monoisotopic (exact) mass is 675 g/mol. The zero-order valence-electron chi connectivity index (χ0n) is 35.0. The van der Waals surface area contributed by atoms with Crippen molar-refractivity contribution in [3.8, 4) is 0 Å². The largest absolute Gasteiger partial charge is 0.550 e. The molecule has 0 aliphatic carbocycles. The molecule has 282 valence electrons. The first-order chi connectivity index (χ1) is 21.3. The van der Waals surface area contributed by atoms with Gasteiger partial charge >= 0.3 is 0 Å². The number of hydrogen-bond donors (Lipinski definition) is 0. The van der Waals surface area contributed by atoms with Crippen LogP contribution in [-0.4, -0.2) is 58.0 Å². The van der Waals surface area contributed by atoms with E-state index < -0.39 is 17.4 Å². The van der Waals surface area contributed by atoms with Gasteiger partial charge in [-0.3, -0.25) is 9.80 Å². The number of likely N-dealkylation sites (tertiary alicyclic amines) is 2. The molecule has 4 atom stereocenters. The van der Waals surface area contributed by atoms with Gasteiger partial charge in [0.15, 0.2) is 0 Å². The van der Waals surface area contributed by atoms with Crippen molar-refractivity contribution in [3.05, 3.63) is 0 Å². The lowest BCUT2D eigenvalue weighted by atomic mass is 9.46. The highest BCUT2D eigenvalue weighted by Gasteiger charge is 2.65. The van der Waals surface area contributed by atoms with Gasteiger partial charge in [-0.1, -0.05) is 109 Å². The molecule has 48 heavy (non-hydrogen) atoms. The van der Waals surface area contributed by atoms with Gasteiger partial charge in [0.2, 0.25) is 0 Å². The molecule has 2 aliphatic rings. The molecular formula is C42H78N2O4-2. The fourth-order valence-corrected chi connectivity index (χ4v) is 10.1. The highest BCUT2D eigenvalue weighted by atomic mass is 16.4. The maximum atomic E-state index is 14.5. The first kappa shape index (κ1) is 43.0. The normalized spacial score (nSPS) is 34.5. The lowest BCUT2D eigenvalue weighted by Crippen LogP contribution is -2.74. The van der Waals surface area contributed by atoms with Crippen LogP contribution in [0.3, 0.4) is 0 Å². The zero-order valence-corrected chi connectivity index (χ0v) is 35.0. The van der Waals surface area contributed by atoms with E-state index in [1.807, 2.05) is 0 Å². The minimum atomic E-state index is -1.01. The number of carboxylic acid groups (broad SMARTS) is 2. The minimum Gasteiger partial charge on any atom is -0.550 e. The Hall–Kier alpha value is -1.14. The van der Waals surface area contributed by atoms with Crippen LogP contribution in [0, 0.1) is 38.9 Å². The molecule has 0 N–H and O–H groups in total. The van der Waals surface area contributed by atoms with Crippen molar-refractivity contribution in [3.63, 3.8) is 0 Å². The number of carboxylic acids is 2. The van der Waals surface area contributed by atoms with Gasteiger partial charge < -0.3 is 19.8 Å². The van der Waals surface area contributed by atoms with Crippen LogP contribution in [0.5, 0.6) is 0 Å². The second kappa shape index (κ2) is 13.8. The second-order valence-electron chi connectivity index (χ2n) is 21.4. The van der Waals surface area contributed by atoms with Gasteiger partial charge in [-0.2, -0.15) is 0 Å². The number of unbranched alkanes of at least 4 members (excludes halogenated alkanes) is 4. The maximum absolute atomic E-state index is 14.5. The molecule has 0 saturated carbocycles. The van der Waals surface area contributed by atoms with E-state index >= 15 is 0 Å². The minimum absolute atomic E-state index is 0.0629. The molecule has 2 rings (SSSR count). The smallest absolute Gasteiger partial charge is 0.0481 e. The molecular weight excluding hydrogens is 596 g/mol. The zero-order chi connectivity index (χ0) is 37.7. The molecule has 0 radical (unpaired) electrons. The summed E-state index contributed by atoms with van der Waals surface area (Å²) in [5.74, 6) is -1.98. The van der Waals surface area contributed by atoms with Gasteiger partial charge in [0.05, 0.1) is 0 Å². The van der Waals surface area contributed by atoms with Crippen LogP contribution in [0.1, 0.15) is 181 Å². The molecule has 6 heteroatoms. The second-order valence-corrected chi connectivity index (χ2v) is 21.4. The summed E-state index contributed by atoms with van der Waals surface area (Å²) in [6, 6.07) is 0. The highest BCUT2D eigenvalue weighted by Crippen LogP contribution is 2.64. The molecule has 0 aromatic heterocycles. The molecule has 0 bridgehead atoms. The number of aliphatic carboxylic acids is 2. The van der Waals surface area contributed by atoms with E-state index in [1.54, 1.807) is 0 Å². The summed E-state index contributed by atoms with van der Waals surface area (Å²) in [6.07, 6.45) is 7.94. The Morgan fingerprint density at radius 1 is 0.542 bits per heavy atom. The van der Waals surface area contributed by atoms with Crippen molar-refractivity contribution in [1.29, 1.82) is 0 Å². The van der Waals surface area contributed by atoms with E-state index in [0.29, 0.717) is 12.8 Å². The van der Waals surface area contributed by atoms with E-state index in [1.165, 1.54) is 0 Å². The SMILES string of the molecule is CN1C(C)(C(C)(C)C)CC(C(CCCCCCCC(=O)[O-])(C(=O)[O-])C2CC(C)(C(C)(C)C)N(C)C(C)(C(C)(C)C)C2)CC1(C)C(C)(C)C. The Kier molecular flexibility index (Phi) is 12.3. The van der Waals surface area contributed by atoms with Gasteiger partial charge in [0.25, 0.3) is 0 Å². The van der Waals surface area contributed by atoms with Crippen LogP contribution >= 0.6 is 0 Å².